The Morgan fingerprint density at radius 2 is 1.68 bits per heavy atom. The van der Waals surface area contributed by atoms with Gasteiger partial charge in [-0.15, -0.1) is 0 Å². The van der Waals surface area contributed by atoms with Crippen molar-refractivity contribution in [3.63, 3.8) is 0 Å². The van der Waals surface area contributed by atoms with Crippen molar-refractivity contribution < 1.29 is 30.4 Å². The first-order chi connectivity index (χ1) is 11.3. The second kappa shape index (κ2) is 6.15. The fourth-order valence-electron chi connectivity index (χ4n) is 2.38. The number of benzene rings is 1. The average molecular weight is 382 g/mol. The molecule has 2 rings (SSSR count). The predicted molar refractivity (Wildman–Crippen MR) is 81.1 cm³/mol. The van der Waals surface area contributed by atoms with Crippen LogP contribution in [0.4, 0.5) is 22.0 Å². The summed E-state index contributed by atoms with van der Waals surface area (Å²) in [5.74, 6) is -3.88. The van der Waals surface area contributed by atoms with E-state index in [9.17, 15) is 30.4 Å². The van der Waals surface area contributed by atoms with Crippen molar-refractivity contribution in [3.8, 4) is 0 Å². The van der Waals surface area contributed by atoms with Gasteiger partial charge in [-0.1, -0.05) is 20.8 Å². The molecular weight excluding hydrogens is 367 g/mol. The molecular formula is C15H15F5N2O2S. The molecule has 0 aliphatic rings. The number of halogens is 5. The van der Waals surface area contributed by atoms with Crippen molar-refractivity contribution >= 4 is 20.7 Å². The van der Waals surface area contributed by atoms with E-state index in [4.69, 9.17) is 0 Å². The smallest absolute Gasteiger partial charge is 0.240 e. The van der Waals surface area contributed by atoms with Crippen LogP contribution in [0.25, 0.3) is 10.9 Å². The summed E-state index contributed by atoms with van der Waals surface area (Å²) in [6, 6.07) is 1.06. The number of hydrogen-bond acceptors (Lipinski definition) is 4. The Morgan fingerprint density at radius 1 is 1.08 bits per heavy atom. The largest absolute Gasteiger partial charge is 0.501 e. The highest BCUT2D eigenvalue weighted by molar-refractivity contribution is 7.92. The van der Waals surface area contributed by atoms with Crippen LogP contribution in [0.15, 0.2) is 23.4 Å². The van der Waals surface area contributed by atoms with Crippen LogP contribution in [-0.2, 0) is 15.8 Å². The Kier molecular flexibility index (Phi) is 4.79. The molecule has 25 heavy (non-hydrogen) atoms. The molecule has 0 radical (unpaired) electrons. The van der Waals surface area contributed by atoms with E-state index in [0.29, 0.717) is 12.1 Å². The van der Waals surface area contributed by atoms with Crippen LogP contribution in [0.5, 0.6) is 0 Å². The third-order valence-corrected chi connectivity index (χ3v) is 5.21. The van der Waals surface area contributed by atoms with Gasteiger partial charge in [0.1, 0.15) is 6.33 Å². The number of aromatic nitrogens is 2. The zero-order chi connectivity index (χ0) is 19.2. The van der Waals surface area contributed by atoms with Gasteiger partial charge in [-0.3, -0.25) is 0 Å². The van der Waals surface area contributed by atoms with Gasteiger partial charge in [-0.25, -0.2) is 27.2 Å². The van der Waals surface area contributed by atoms with E-state index in [0.717, 1.165) is 13.3 Å². The summed E-state index contributed by atoms with van der Waals surface area (Å²) >= 11 is 0. The molecule has 138 valence electrons. The molecule has 0 saturated carbocycles. The van der Waals surface area contributed by atoms with Gasteiger partial charge in [0.05, 0.1) is 16.1 Å². The van der Waals surface area contributed by atoms with Gasteiger partial charge in [0.2, 0.25) is 0 Å². The Morgan fingerprint density at radius 3 is 2.16 bits per heavy atom. The highest BCUT2D eigenvalue weighted by Crippen LogP contribution is 2.40. The maximum absolute atomic E-state index is 14.3. The van der Waals surface area contributed by atoms with E-state index >= 15 is 0 Å². The third-order valence-electron chi connectivity index (χ3n) is 3.74. The Labute approximate surface area is 141 Å². The molecule has 0 spiro atoms. The molecule has 4 nitrogen and oxygen atoms in total. The summed E-state index contributed by atoms with van der Waals surface area (Å²) in [5, 5.41) is -0.133. The third kappa shape index (κ3) is 3.31. The number of nitrogens with zero attached hydrogens (tertiary/aromatic N) is 2. The summed E-state index contributed by atoms with van der Waals surface area (Å²) < 4.78 is 90.7. The highest BCUT2D eigenvalue weighted by Gasteiger charge is 2.48. The minimum absolute atomic E-state index is 0.133. The van der Waals surface area contributed by atoms with Gasteiger partial charge in [-0.2, -0.15) is 13.2 Å². The lowest BCUT2D eigenvalue weighted by Gasteiger charge is -2.19. The number of rotatable bonds is 4. The second-order valence-electron chi connectivity index (χ2n) is 5.79. The minimum atomic E-state index is -5.79. The topological polar surface area (TPSA) is 59.9 Å². The van der Waals surface area contributed by atoms with E-state index in [1.807, 2.05) is 0 Å². The van der Waals surface area contributed by atoms with Crippen LogP contribution in [0.1, 0.15) is 44.4 Å². The van der Waals surface area contributed by atoms with Crippen molar-refractivity contribution in [2.24, 2.45) is 0 Å². The van der Waals surface area contributed by atoms with Gasteiger partial charge in [-0.05, 0) is 18.1 Å². The van der Waals surface area contributed by atoms with Gasteiger partial charge >= 0.3 is 5.51 Å². The van der Waals surface area contributed by atoms with Crippen LogP contribution in [-0.4, -0.2) is 23.9 Å². The number of sulfone groups is 1. The molecule has 1 aromatic carbocycles. The molecule has 1 heterocycles. The van der Waals surface area contributed by atoms with Crippen LogP contribution in [0.3, 0.4) is 0 Å². The van der Waals surface area contributed by atoms with E-state index in [1.54, 1.807) is 13.8 Å². The molecule has 0 saturated heterocycles. The second-order valence-corrected chi connectivity index (χ2v) is 7.73. The van der Waals surface area contributed by atoms with Crippen molar-refractivity contribution in [2.75, 3.05) is 0 Å². The standard InChI is InChI=1S/C15H15F5N2O2S/c1-4-14(16,17)11-6-9(25(23,24)15(18,19)20)5-10-12(8(2)3)21-7-22-13(10)11/h5-8H,4H2,1-3H3. The maximum atomic E-state index is 14.3. The summed E-state index contributed by atoms with van der Waals surface area (Å²) in [6.45, 7) is 4.45. The molecule has 0 atom stereocenters. The molecule has 10 heteroatoms. The summed E-state index contributed by atoms with van der Waals surface area (Å²) in [6.07, 6.45) is 0.309. The number of fused-ring (bicyclic) bond motifs is 1. The predicted octanol–water partition coefficient (Wildman–Crippen LogP) is 4.55. The molecule has 0 bridgehead atoms. The van der Waals surface area contributed by atoms with E-state index < -0.39 is 38.1 Å². The fraction of sp³-hybridized carbons (Fsp3) is 0.467. The molecule has 0 aliphatic carbocycles. The first-order valence-corrected chi connectivity index (χ1v) is 8.79. The quantitative estimate of drug-likeness (QED) is 0.728. The Hall–Kier alpha value is -1.84. The first kappa shape index (κ1) is 19.5. The number of alkyl halides is 5. The maximum Gasteiger partial charge on any atom is 0.501 e. The van der Waals surface area contributed by atoms with Crippen molar-refractivity contribution in [1.29, 1.82) is 0 Å². The van der Waals surface area contributed by atoms with Crippen LogP contribution in [0.2, 0.25) is 0 Å². The molecule has 0 N–H and O–H groups in total. The summed E-state index contributed by atoms with van der Waals surface area (Å²) in [5.41, 5.74) is -6.53. The van der Waals surface area contributed by atoms with E-state index in [-0.39, 0.29) is 22.5 Å². The lowest BCUT2D eigenvalue weighted by Crippen LogP contribution is -2.24. The van der Waals surface area contributed by atoms with Gasteiger partial charge < -0.3 is 0 Å². The van der Waals surface area contributed by atoms with Crippen LogP contribution < -0.4 is 0 Å². The van der Waals surface area contributed by atoms with E-state index in [1.165, 1.54) is 0 Å². The molecule has 0 fully saturated rings. The van der Waals surface area contributed by atoms with Crippen molar-refractivity contribution in [1.82, 2.24) is 9.97 Å². The first-order valence-electron chi connectivity index (χ1n) is 7.31. The summed E-state index contributed by atoms with van der Waals surface area (Å²) in [4.78, 5) is 6.42. The molecule has 2 aromatic rings. The summed E-state index contributed by atoms with van der Waals surface area (Å²) in [7, 11) is -5.79. The lowest BCUT2D eigenvalue weighted by atomic mass is 9.98. The zero-order valence-corrected chi connectivity index (χ0v) is 14.3. The molecule has 0 aliphatic heterocycles. The van der Waals surface area contributed by atoms with Crippen molar-refractivity contribution in [3.05, 3.63) is 29.7 Å². The molecule has 0 unspecified atom stereocenters. The lowest BCUT2D eigenvalue weighted by molar-refractivity contribution is -0.0437. The minimum Gasteiger partial charge on any atom is -0.240 e. The fourth-order valence-corrected chi connectivity index (χ4v) is 3.19. The van der Waals surface area contributed by atoms with Crippen LogP contribution >= 0.6 is 0 Å². The SMILES string of the molecule is CCC(F)(F)c1cc(S(=O)(=O)C(F)(F)F)cc2c(C(C)C)ncnc12. The van der Waals surface area contributed by atoms with Crippen molar-refractivity contribution in [2.45, 2.75) is 49.4 Å². The number of hydrogen-bond donors (Lipinski definition) is 0. The molecule has 0 amide bonds. The Balaban J connectivity index is 2.99. The molecule has 1 aromatic heterocycles. The monoisotopic (exact) mass is 382 g/mol. The van der Waals surface area contributed by atoms with Gasteiger partial charge in [0, 0.05) is 17.4 Å². The average Bonchev–Trinajstić information content (AvgIpc) is 2.51. The van der Waals surface area contributed by atoms with E-state index in [2.05, 4.69) is 9.97 Å². The zero-order valence-electron chi connectivity index (χ0n) is 13.5. The highest BCUT2D eigenvalue weighted by atomic mass is 32.2. The normalized spacial score (nSPS) is 13.6. The van der Waals surface area contributed by atoms with Crippen LogP contribution in [0, 0.1) is 0 Å². The Bertz CT molecular complexity index is 908. The van der Waals surface area contributed by atoms with Gasteiger partial charge in [0.25, 0.3) is 15.8 Å². The van der Waals surface area contributed by atoms with Gasteiger partial charge in [0.15, 0.2) is 0 Å².